The molecule has 1 fully saturated rings. The van der Waals surface area contributed by atoms with E-state index in [2.05, 4.69) is 0 Å². The van der Waals surface area contributed by atoms with Crippen molar-refractivity contribution in [1.82, 2.24) is 0 Å². The molecule has 3 nitrogen and oxygen atoms in total. The molecule has 0 aliphatic heterocycles. The van der Waals surface area contributed by atoms with Crippen molar-refractivity contribution in [2.24, 2.45) is 17.8 Å². The molecule has 0 heterocycles. The number of carbonyl (C=O) groups is 2. The number of carboxylic acid groups (broad SMARTS) is 1. The fraction of sp³-hybridized carbons (Fsp3) is 0.600. The molecule has 2 aliphatic rings. The third kappa shape index (κ3) is 1.39. The second-order valence-corrected chi connectivity index (χ2v) is 3.88. The summed E-state index contributed by atoms with van der Waals surface area (Å²) in [6.45, 7) is 0. The fourth-order valence-corrected chi connectivity index (χ4v) is 2.28. The third-order valence-corrected chi connectivity index (χ3v) is 3.01. The van der Waals surface area contributed by atoms with Crippen LogP contribution in [0.25, 0.3) is 0 Å². The van der Waals surface area contributed by atoms with E-state index in [-0.39, 0.29) is 23.5 Å². The van der Waals surface area contributed by atoms with Crippen molar-refractivity contribution in [3.05, 3.63) is 12.2 Å². The monoisotopic (exact) mass is 180 g/mol. The van der Waals surface area contributed by atoms with E-state index in [9.17, 15) is 9.59 Å². The van der Waals surface area contributed by atoms with Crippen molar-refractivity contribution in [2.75, 3.05) is 0 Å². The highest BCUT2D eigenvalue weighted by atomic mass is 16.4. The van der Waals surface area contributed by atoms with Gasteiger partial charge in [0.25, 0.3) is 0 Å². The molecule has 2 rings (SSSR count). The molecular formula is C10H12O3. The summed E-state index contributed by atoms with van der Waals surface area (Å²) in [6.07, 6.45) is 5.65. The number of rotatable bonds is 1. The van der Waals surface area contributed by atoms with Gasteiger partial charge < -0.3 is 5.11 Å². The summed E-state index contributed by atoms with van der Waals surface area (Å²) >= 11 is 0. The first-order chi connectivity index (χ1) is 6.18. The second kappa shape index (κ2) is 2.98. The van der Waals surface area contributed by atoms with Crippen LogP contribution in [-0.4, -0.2) is 16.9 Å². The van der Waals surface area contributed by atoms with E-state index < -0.39 is 5.97 Å². The largest absolute Gasteiger partial charge is 0.481 e. The Morgan fingerprint density at radius 1 is 1.46 bits per heavy atom. The van der Waals surface area contributed by atoms with Crippen molar-refractivity contribution in [3.63, 3.8) is 0 Å². The molecule has 3 atom stereocenters. The lowest BCUT2D eigenvalue weighted by molar-refractivity contribution is -0.145. The van der Waals surface area contributed by atoms with E-state index in [0.717, 1.165) is 6.42 Å². The average Bonchev–Trinajstić information content (AvgIpc) is 2.02. The van der Waals surface area contributed by atoms with Crippen molar-refractivity contribution in [2.45, 2.75) is 19.3 Å². The molecule has 0 unspecified atom stereocenters. The van der Waals surface area contributed by atoms with Crippen LogP contribution in [0.15, 0.2) is 12.2 Å². The Morgan fingerprint density at radius 3 is 2.85 bits per heavy atom. The minimum Gasteiger partial charge on any atom is -0.481 e. The molecule has 1 N–H and O–H groups in total. The Labute approximate surface area is 76.4 Å². The highest BCUT2D eigenvalue weighted by Gasteiger charge is 2.39. The van der Waals surface area contributed by atoms with Crippen LogP contribution in [0.2, 0.25) is 0 Å². The average molecular weight is 180 g/mol. The van der Waals surface area contributed by atoms with Crippen molar-refractivity contribution >= 4 is 11.8 Å². The van der Waals surface area contributed by atoms with Crippen LogP contribution in [-0.2, 0) is 9.59 Å². The summed E-state index contributed by atoms with van der Waals surface area (Å²) in [5.41, 5.74) is 0. The minimum atomic E-state index is -0.752. The van der Waals surface area contributed by atoms with Crippen molar-refractivity contribution in [1.29, 1.82) is 0 Å². The lowest BCUT2D eigenvalue weighted by atomic mass is 9.70. The van der Waals surface area contributed by atoms with Gasteiger partial charge in [0.15, 0.2) is 0 Å². The highest BCUT2D eigenvalue weighted by molar-refractivity contribution is 5.88. The van der Waals surface area contributed by atoms with Crippen LogP contribution in [0.4, 0.5) is 0 Å². The smallest absolute Gasteiger partial charge is 0.306 e. The van der Waals surface area contributed by atoms with E-state index >= 15 is 0 Å². The van der Waals surface area contributed by atoms with Gasteiger partial charge in [-0.15, -0.1) is 0 Å². The van der Waals surface area contributed by atoms with Gasteiger partial charge in [-0.3, -0.25) is 9.59 Å². The Morgan fingerprint density at radius 2 is 2.23 bits per heavy atom. The van der Waals surface area contributed by atoms with Crippen LogP contribution >= 0.6 is 0 Å². The zero-order chi connectivity index (χ0) is 9.42. The standard InChI is InChI=1S/C10H12O3/c11-9-6-2-1-3-7(9)5-8(4-6)10(12)13/h1-2,6-8H,3-5H2,(H,12,13)/t6-,7+,8-/m0/s1. The van der Waals surface area contributed by atoms with Gasteiger partial charge in [-0.05, 0) is 19.3 Å². The van der Waals surface area contributed by atoms with Crippen molar-refractivity contribution in [3.8, 4) is 0 Å². The third-order valence-electron chi connectivity index (χ3n) is 3.01. The molecule has 0 radical (unpaired) electrons. The Kier molecular flexibility index (Phi) is 1.94. The first kappa shape index (κ1) is 8.48. The van der Waals surface area contributed by atoms with Crippen LogP contribution in [0.1, 0.15) is 19.3 Å². The summed E-state index contributed by atoms with van der Waals surface area (Å²) in [5.74, 6) is -0.950. The molecule has 13 heavy (non-hydrogen) atoms. The van der Waals surface area contributed by atoms with Crippen molar-refractivity contribution < 1.29 is 14.7 Å². The van der Waals surface area contributed by atoms with E-state index in [1.807, 2.05) is 12.2 Å². The number of carboxylic acids is 1. The van der Waals surface area contributed by atoms with Crippen LogP contribution in [0.3, 0.4) is 0 Å². The van der Waals surface area contributed by atoms with Crippen LogP contribution < -0.4 is 0 Å². The van der Waals surface area contributed by atoms with E-state index in [0.29, 0.717) is 12.8 Å². The van der Waals surface area contributed by atoms with Gasteiger partial charge in [0, 0.05) is 11.8 Å². The number of hydrogen-bond donors (Lipinski definition) is 1. The molecule has 0 spiro atoms. The van der Waals surface area contributed by atoms with E-state index in [1.165, 1.54) is 0 Å². The molecule has 70 valence electrons. The molecule has 2 bridgehead atoms. The topological polar surface area (TPSA) is 54.4 Å². The second-order valence-electron chi connectivity index (χ2n) is 3.88. The van der Waals surface area contributed by atoms with Gasteiger partial charge in [-0.2, -0.15) is 0 Å². The molecule has 0 amide bonds. The maximum Gasteiger partial charge on any atom is 0.306 e. The normalized spacial score (nSPS) is 37.5. The lowest BCUT2D eigenvalue weighted by Crippen LogP contribution is -2.36. The predicted molar refractivity (Wildman–Crippen MR) is 46.1 cm³/mol. The zero-order valence-corrected chi connectivity index (χ0v) is 7.27. The Bertz CT molecular complexity index is 280. The van der Waals surface area contributed by atoms with Crippen LogP contribution in [0, 0.1) is 17.8 Å². The van der Waals surface area contributed by atoms with Gasteiger partial charge >= 0.3 is 5.97 Å². The summed E-state index contributed by atoms with van der Waals surface area (Å²) in [6, 6.07) is 0. The number of fused-ring (bicyclic) bond motifs is 2. The Hall–Kier alpha value is -1.12. The van der Waals surface area contributed by atoms with Gasteiger partial charge in [-0.1, -0.05) is 12.2 Å². The number of allylic oxidation sites excluding steroid dienone is 2. The molecule has 0 saturated heterocycles. The summed E-state index contributed by atoms with van der Waals surface area (Å²) in [5, 5.41) is 8.84. The predicted octanol–water partition coefficient (Wildman–Crippen LogP) is 1.24. The summed E-state index contributed by atoms with van der Waals surface area (Å²) < 4.78 is 0. The van der Waals surface area contributed by atoms with Gasteiger partial charge in [0.1, 0.15) is 5.78 Å². The van der Waals surface area contributed by atoms with Gasteiger partial charge in [-0.25, -0.2) is 0 Å². The lowest BCUT2D eigenvalue weighted by Gasteiger charge is -2.32. The van der Waals surface area contributed by atoms with Gasteiger partial charge in [0.05, 0.1) is 5.92 Å². The SMILES string of the molecule is O=C(O)[C@@H]1C[C@H]2CC=C[C@@H](C1)C2=O. The van der Waals surface area contributed by atoms with Gasteiger partial charge in [0.2, 0.25) is 0 Å². The fourth-order valence-electron chi connectivity index (χ4n) is 2.28. The summed E-state index contributed by atoms with van der Waals surface area (Å²) in [4.78, 5) is 22.3. The number of Topliss-reactive ketones (excluding diaryl/α,β-unsaturated/α-hetero) is 1. The van der Waals surface area contributed by atoms with E-state index in [1.54, 1.807) is 0 Å². The number of aliphatic carboxylic acids is 1. The number of ketones is 1. The molecule has 0 aromatic carbocycles. The molecule has 0 aromatic heterocycles. The maximum absolute atomic E-state index is 11.5. The van der Waals surface area contributed by atoms with E-state index in [4.69, 9.17) is 5.11 Å². The minimum absolute atomic E-state index is 0.0233. The first-order valence-electron chi connectivity index (χ1n) is 4.61. The highest BCUT2D eigenvalue weighted by Crippen LogP contribution is 2.36. The number of carbonyl (C=O) groups excluding carboxylic acids is 1. The Balaban J connectivity index is 2.18. The quantitative estimate of drug-likeness (QED) is 0.618. The number of hydrogen-bond acceptors (Lipinski definition) is 2. The summed E-state index contributed by atoms with van der Waals surface area (Å²) in [7, 11) is 0. The molecule has 0 aromatic rings. The molecule has 2 aliphatic carbocycles. The molecule has 3 heteroatoms. The first-order valence-corrected chi connectivity index (χ1v) is 4.61. The zero-order valence-electron chi connectivity index (χ0n) is 7.27. The maximum atomic E-state index is 11.5. The molecule has 1 saturated carbocycles. The van der Waals surface area contributed by atoms with Crippen LogP contribution in [0.5, 0.6) is 0 Å². The molecular weight excluding hydrogens is 168 g/mol.